The Hall–Kier alpha value is -3.21. The molecule has 0 saturated heterocycles. The second kappa shape index (κ2) is 13.2. The van der Waals surface area contributed by atoms with E-state index in [2.05, 4.69) is 162 Å². The molecule has 0 bridgehead atoms. The van der Waals surface area contributed by atoms with Gasteiger partial charge >= 0.3 is 232 Å². The summed E-state index contributed by atoms with van der Waals surface area (Å²) >= 11 is 0. The van der Waals surface area contributed by atoms with Crippen molar-refractivity contribution in [1.82, 2.24) is 0 Å². The van der Waals surface area contributed by atoms with Gasteiger partial charge in [0.25, 0.3) is 0 Å². The molecular formula is C38H45P. The SMILES string of the molecule is CC(C=CC1=C(C)CCCC1(C)C)=CC=CC(C)=CC[PH](c1ccccc1)(c1ccccc1)c1ccccc1. The molecule has 0 aromatic heterocycles. The van der Waals surface area contributed by atoms with E-state index in [-0.39, 0.29) is 5.41 Å². The second-order valence-corrected chi connectivity index (χ2v) is 15.6. The molecule has 0 N–H and O–H groups in total. The van der Waals surface area contributed by atoms with Gasteiger partial charge in [-0.15, -0.1) is 0 Å². The first-order chi connectivity index (χ1) is 18.8. The van der Waals surface area contributed by atoms with Crippen LogP contribution < -0.4 is 15.9 Å². The predicted octanol–water partition coefficient (Wildman–Crippen LogP) is 9.24. The molecule has 0 radical (unpaired) electrons. The van der Waals surface area contributed by atoms with Crippen molar-refractivity contribution in [1.29, 1.82) is 0 Å². The molecule has 3 aromatic rings. The van der Waals surface area contributed by atoms with Gasteiger partial charge in [-0.1, -0.05) is 0 Å². The first-order valence-corrected chi connectivity index (χ1v) is 16.6. The van der Waals surface area contributed by atoms with E-state index >= 15 is 0 Å². The van der Waals surface area contributed by atoms with Gasteiger partial charge in [-0.3, -0.25) is 0 Å². The summed E-state index contributed by atoms with van der Waals surface area (Å²) in [5.41, 5.74) is 5.93. The summed E-state index contributed by atoms with van der Waals surface area (Å²) in [7, 11) is -2.24. The van der Waals surface area contributed by atoms with Crippen molar-refractivity contribution in [2.45, 2.75) is 53.9 Å². The fraction of sp³-hybridized carbons (Fsp3) is 0.263. The predicted molar refractivity (Wildman–Crippen MR) is 178 cm³/mol. The van der Waals surface area contributed by atoms with Gasteiger partial charge in [0, 0.05) is 0 Å². The molecule has 0 unspecified atom stereocenters. The van der Waals surface area contributed by atoms with E-state index in [4.69, 9.17) is 0 Å². The van der Waals surface area contributed by atoms with Gasteiger partial charge in [-0.25, -0.2) is 0 Å². The maximum atomic E-state index is 2.45. The van der Waals surface area contributed by atoms with Gasteiger partial charge in [-0.05, 0) is 6.42 Å². The zero-order valence-electron chi connectivity index (χ0n) is 24.5. The molecule has 202 valence electrons. The van der Waals surface area contributed by atoms with Crippen molar-refractivity contribution in [2.24, 2.45) is 5.41 Å². The Morgan fingerprint density at radius 1 is 0.744 bits per heavy atom. The van der Waals surface area contributed by atoms with Crippen molar-refractivity contribution < 1.29 is 0 Å². The van der Waals surface area contributed by atoms with Crippen LogP contribution in [-0.4, -0.2) is 6.16 Å². The fourth-order valence-electron chi connectivity index (χ4n) is 6.04. The molecule has 0 saturated carbocycles. The minimum absolute atomic E-state index is 0.279. The molecule has 1 aliphatic rings. The average Bonchev–Trinajstić information content (AvgIpc) is 2.94. The number of allylic oxidation sites excluding steroid dienone is 10. The van der Waals surface area contributed by atoms with Crippen LogP contribution in [0.15, 0.2) is 150 Å². The van der Waals surface area contributed by atoms with Crippen LogP contribution in [0.25, 0.3) is 0 Å². The molecule has 0 aliphatic heterocycles. The molecular weight excluding hydrogens is 487 g/mol. The summed E-state index contributed by atoms with van der Waals surface area (Å²) in [5, 5.41) is 4.35. The zero-order chi connectivity index (χ0) is 27.7. The van der Waals surface area contributed by atoms with E-state index in [1.54, 1.807) is 5.57 Å². The van der Waals surface area contributed by atoms with Crippen LogP contribution in [0.3, 0.4) is 0 Å². The summed E-state index contributed by atoms with van der Waals surface area (Å²) < 4.78 is 0. The second-order valence-electron chi connectivity index (χ2n) is 11.7. The molecule has 4 rings (SSSR count). The first kappa shape index (κ1) is 28.8. The van der Waals surface area contributed by atoms with E-state index < -0.39 is 7.26 Å². The van der Waals surface area contributed by atoms with Gasteiger partial charge in [0.15, 0.2) is 0 Å². The topological polar surface area (TPSA) is 0 Å². The fourth-order valence-corrected chi connectivity index (χ4v) is 10.7. The molecule has 39 heavy (non-hydrogen) atoms. The first-order valence-electron chi connectivity index (χ1n) is 14.4. The van der Waals surface area contributed by atoms with Crippen molar-refractivity contribution in [3.8, 4) is 0 Å². The van der Waals surface area contributed by atoms with Crippen molar-refractivity contribution in [3.63, 3.8) is 0 Å². The maximum absolute atomic E-state index is 2.45. The molecule has 0 atom stereocenters. The van der Waals surface area contributed by atoms with Gasteiger partial charge in [-0.2, -0.15) is 0 Å². The summed E-state index contributed by atoms with van der Waals surface area (Å²) in [6.45, 7) is 11.5. The molecule has 0 heterocycles. The van der Waals surface area contributed by atoms with Gasteiger partial charge in [0.05, 0.1) is 0 Å². The Bertz CT molecular complexity index is 1270. The van der Waals surface area contributed by atoms with Gasteiger partial charge < -0.3 is 0 Å². The molecule has 0 nitrogen and oxygen atoms in total. The monoisotopic (exact) mass is 532 g/mol. The number of rotatable bonds is 9. The third-order valence-corrected chi connectivity index (χ3v) is 13.1. The van der Waals surface area contributed by atoms with E-state index in [1.165, 1.54) is 51.9 Å². The number of hydrogen-bond acceptors (Lipinski definition) is 0. The summed E-state index contributed by atoms with van der Waals surface area (Å²) in [4.78, 5) is 0. The molecule has 1 aliphatic carbocycles. The van der Waals surface area contributed by atoms with E-state index in [0.29, 0.717) is 0 Å². The van der Waals surface area contributed by atoms with Crippen LogP contribution in [0, 0.1) is 5.41 Å². The number of hydrogen-bond donors (Lipinski definition) is 0. The van der Waals surface area contributed by atoms with Crippen LogP contribution in [0.5, 0.6) is 0 Å². The summed E-state index contributed by atoms with van der Waals surface area (Å²) in [6, 6.07) is 33.5. The van der Waals surface area contributed by atoms with E-state index in [1.807, 2.05) is 0 Å². The third-order valence-electron chi connectivity index (χ3n) is 8.30. The quantitative estimate of drug-likeness (QED) is 0.190. The van der Waals surface area contributed by atoms with E-state index in [0.717, 1.165) is 6.16 Å². The van der Waals surface area contributed by atoms with Crippen LogP contribution in [0.1, 0.15) is 53.9 Å². The molecule has 0 spiro atoms. The zero-order valence-corrected chi connectivity index (χ0v) is 25.5. The van der Waals surface area contributed by atoms with Crippen molar-refractivity contribution >= 4 is 23.2 Å². The van der Waals surface area contributed by atoms with Crippen LogP contribution in [0.2, 0.25) is 0 Å². The Morgan fingerprint density at radius 3 is 1.74 bits per heavy atom. The Labute approximate surface area is 237 Å². The van der Waals surface area contributed by atoms with Gasteiger partial charge in [0.2, 0.25) is 0 Å². The molecule has 0 amide bonds. The Morgan fingerprint density at radius 2 is 1.26 bits per heavy atom. The summed E-state index contributed by atoms with van der Waals surface area (Å²) in [6.07, 6.45) is 18.6. The standard InChI is InChI=1S/C38H45P/c1-31(26-27-37-33(3)19-16-29-38(37,4)5)17-15-18-32(2)28-30-39(34-20-9-6-10-21-34,35-22-11-7-12-23-35)36-24-13-8-14-25-36/h6-15,17-18,20-28,39H,16,19,29-30H2,1-5H3. The Balaban J connectivity index is 1.60. The molecule has 3 aromatic carbocycles. The van der Waals surface area contributed by atoms with Gasteiger partial charge in [0.1, 0.15) is 0 Å². The molecule has 0 fully saturated rings. The van der Waals surface area contributed by atoms with E-state index in [9.17, 15) is 0 Å². The Kier molecular flexibility index (Phi) is 9.77. The van der Waals surface area contributed by atoms with Crippen LogP contribution >= 0.6 is 7.26 Å². The summed E-state index contributed by atoms with van der Waals surface area (Å²) in [5.74, 6) is 0. The van der Waals surface area contributed by atoms with Crippen molar-refractivity contribution in [2.75, 3.05) is 6.16 Å². The van der Waals surface area contributed by atoms with Crippen LogP contribution in [0.4, 0.5) is 0 Å². The average molecular weight is 533 g/mol. The number of benzene rings is 3. The third kappa shape index (κ3) is 7.06. The normalized spacial score (nSPS) is 17.3. The molecule has 1 heteroatoms. The van der Waals surface area contributed by atoms with Crippen LogP contribution in [-0.2, 0) is 0 Å². The van der Waals surface area contributed by atoms with Crippen molar-refractivity contribution in [3.05, 3.63) is 150 Å². The minimum atomic E-state index is -2.24.